The second-order valence-corrected chi connectivity index (χ2v) is 7.40. The molecule has 0 spiro atoms. The Morgan fingerprint density at radius 3 is 2.43 bits per heavy atom. The van der Waals surface area contributed by atoms with Crippen molar-refractivity contribution in [1.29, 1.82) is 0 Å². The molecule has 0 saturated heterocycles. The van der Waals surface area contributed by atoms with E-state index in [1.807, 2.05) is 86.0 Å². The summed E-state index contributed by atoms with van der Waals surface area (Å²) in [5.41, 5.74) is 5.31. The molecular weight excluding hydrogens is 368 g/mol. The van der Waals surface area contributed by atoms with Gasteiger partial charge in [-0.15, -0.1) is 11.3 Å². The Bertz CT molecular complexity index is 1100. The fraction of sp³-hybridized carbons (Fsp3) is 0.130. The van der Waals surface area contributed by atoms with Crippen LogP contribution in [0, 0.1) is 13.8 Å². The minimum Gasteiger partial charge on any atom is -0.455 e. The third-order valence-corrected chi connectivity index (χ3v) is 5.53. The minimum absolute atomic E-state index is 0.164. The van der Waals surface area contributed by atoms with Crippen molar-refractivity contribution in [2.75, 3.05) is 0 Å². The van der Waals surface area contributed by atoms with E-state index in [0.29, 0.717) is 5.56 Å². The van der Waals surface area contributed by atoms with E-state index in [0.717, 1.165) is 33.3 Å². The predicted molar refractivity (Wildman–Crippen MR) is 112 cm³/mol. The maximum atomic E-state index is 12.7. The van der Waals surface area contributed by atoms with Crippen molar-refractivity contribution >= 4 is 17.3 Å². The Morgan fingerprint density at radius 2 is 1.71 bits per heavy atom. The van der Waals surface area contributed by atoms with Gasteiger partial charge in [0, 0.05) is 28.0 Å². The molecule has 0 N–H and O–H groups in total. The Hall–Kier alpha value is -3.18. The van der Waals surface area contributed by atoms with Crippen molar-refractivity contribution in [3.05, 3.63) is 94.8 Å². The normalized spacial score (nSPS) is 10.8. The molecule has 140 valence electrons. The van der Waals surface area contributed by atoms with E-state index in [1.165, 1.54) is 0 Å². The first kappa shape index (κ1) is 18.2. The summed E-state index contributed by atoms with van der Waals surface area (Å²) in [7, 11) is 0. The number of carbonyl (C=O) groups excluding carboxylic acids is 1. The molecule has 2 heterocycles. The van der Waals surface area contributed by atoms with Gasteiger partial charge < -0.3 is 9.30 Å². The lowest BCUT2D eigenvalue weighted by atomic mass is 10.2. The SMILES string of the molecule is Cc1cc(C(=O)OCc2csc(-c3ccccc3)n2)c(C)n1-c1ccccc1. The van der Waals surface area contributed by atoms with Gasteiger partial charge in [0.15, 0.2) is 0 Å². The van der Waals surface area contributed by atoms with Crippen LogP contribution in [0.1, 0.15) is 27.4 Å². The third kappa shape index (κ3) is 3.62. The highest BCUT2D eigenvalue weighted by Crippen LogP contribution is 2.25. The van der Waals surface area contributed by atoms with Crippen molar-refractivity contribution in [3.63, 3.8) is 0 Å². The third-order valence-electron chi connectivity index (χ3n) is 4.59. The Balaban J connectivity index is 1.49. The molecule has 0 unspecified atom stereocenters. The van der Waals surface area contributed by atoms with Gasteiger partial charge in [-0.2, -0.15) is 0 Å². The van der Waals surface area contributed by atoms with Crippen LogP contribution in [-0.2, 0) is 11.3 Å². The molecule has 2 aromatic carbocycles. The molecule has 0 aliphatic rings. The number of rotatable bonds is 5. The number of esters is 1. The molecule has 0 aliphatic carbocycles. The highest BCUT2D eigenvalue weighted by atomic mass is 32.1. The fourth-order valence-corrected chi connectivity index (χ4v) is 4.06. The second kappa shape index (κ2) is 7.82. The Labute approximate surface area is 168 Å². The maximum absolute atomic E-state index is 12.7. The van der Waals surface area contributed by atoms with Gasteiger partial charge in [0.25, 0.3) is 0 Å². The topological polar surface area (TPSA) is 44.1 Å². The molecule has 0 radical (unpaired) electrons. The fourth-order valence-electron chi connectivity index (χ4n) is 3.25. The first-order chi connectivity index (χ1) is 13.6. The van der Waals surface area contributed by atoms with E-state index in [1.54, 1.807) is 11.3 Å². The van der Waals surface area contributed by atoms with Crippen molar-refractivity contribution in [3.8, 4) is 16.3 Å². The molecule has 28 heavy (non-hydrogen) atoms. The largest absolute Gasteiger partial charge is 0.455 e. The zero-order valence-electron chi connectivity index (χ0n) is 15.8. The summed E-state index contributed by atoms with van der Waals surface area (Å²) in [5.74, 6) is -0.329. The van der Waals surface area contributed by atoms with Gasteiger partial charge in [-0.05, 0) is 32.0 Å². The van der Waals surface area contributed by atoms with Crippen LogP contribution in [0.3, 0.4) is 0 Å². The number of para-hydroxylation sites is 1. The number of benzene rings is 2. The van der Waals surface area contributed by atoms with Gasteiger partial charge in [0.1, 0.15) is 11.6 Å². The summed E-state index contributed by atoms with van der Waals surface area (Å²) >= 11 is 1.55. The van der Waals surface area contributed by atoms with Crippen LogP contribution in [0.5, 0.6) is 0 Å². The zero-order chi connectivity index (χ0) is 19.5. The lowest BCUT2D eigenvalue weighted by Gasteiger charge is -2.09. The smallest absolute Gasteiger partial charge is 0.340 e. The molecule has 0 saturated carbocycles. The molecule has 4 aromatic rings. The molecule has 0 bridgehead atoms. The number of hydrogen-bond donors (Lipinski definition) is 0. The first-order valence-electron chi connectivity index (χ1n) is 9.05. The molecule has 5 heteroatoms. The number of ether oxygens (including phenoxy) is 1. The van der Waals surface area contributed by atoms with Crippen molar-refractivity contribution in [2.24, 2.45) is 0 Å². The molecule has 0 fully saturated rings. The Kier molecular flexibility index (Phi) is 5.08. The summed E-state index contributed by atoms with van der Waals surface area (Å²) in [6.07, 6.45) is 0. The van der Waals surface area contributed by atoms with E-state index >= 15 is 0 Å². The van der Waals surface area contributed by atoms with Crippen molar-refractivity contribution < 1.29 is 9.53 Å². The van der Waals surface area contributed by atoms with Gasteiger partial charge in [-0.3, -0.25) is 0 Å². The van der Waals surface area contributed by atoms with Crippen molar-refractivity contribution in [1.82, 2.24) is 9.55 Å². The first-order valence-corrected chi connectivity index (χ1v) is 9.93. The molecule has 2 aromatic heterocycles. The monoisotopic (exact) mass is 388 g/mol. The van der Waals surface area contributed by atoms with Gasteiger partial charge in [-0.25, -0.2) is 9.78 Å². The van der Waals surface area contributed by atoms with Crippen LogP contribution in [0.25, 0.3) is 16.3 Å². The van der Waals surface area contributed by atoms with Crippen LogP contribution >= 0.6 is 11.3 Å². The lowest BCUT2D eigenvalue weighted by Crippen LogP contribution is -2.07. The van der Waals surface area contributed by atoms with E-state index in [-0.39, 0.29) is 12.6 Å². The lowest BCUT2D eigenvalue weighted by molar-refractivity contribution is 0.0467. The highest BCUT2D eigenvalue weighted by Gasteiger charge is 2.18. The number of carbonyl (C=O) groups is 1. The summed E-state index contributed by atoms with van der Waals surface area (Å²) in [5, 5.41) is 2.86. The van der Waals surface area contributed by atoms with Crippen LogP contribution < -0.4 is 0 Å². The van der Waals surface area contributed by atoms with Crippen LogP contribution in [0.2, 0.25) is 0 Å². The molecule has 0 aliphatic heterocycles. The number of aromatic nitrogens is 2. The Morgan fingerprint density at radius 1 is 1.04 bits per heavy atom. The standard InChI is InChI=1S/C23H20N2O2S/c1-16-13-21(17(2)25(16)20-11-7-4-8-12-20)23(26)27-14-19-15-28-22(24-19)18-9-5-3-6-10-18/h3-13,15H,14H2,1-2H3. The summed E-state index contributed by atoms with van der Waals surface area (Å²) < 4.78 is 7.60. The number of hydrogen-bond acceptors (Lipinski definition) is 4. The molecule has 4 nitrogen and oxygen atoms in total. The van der Waals surface area contributed by atoms with Crippen molar-refractivity contribution in [2.45, 2.75) is 20.5 Å². The predicted octanol–water partition coefficient (Wildman–Crippen LogP) is 5.57. The summed E-state index contributed by atoms with van der Waals surface area (Å²) in [4.78, 5) is 17.2. The van der Waals surface area contributed by atoms with Gasteiger partial charge in [0.2, 0.25) is 0 Å². The van der Waals surface area contributed by atoms with E-state index in [4.69, 9.17) is 4.74 Å². The number of aryl methyl sites for hydroxylation is 1. The maximum Gasteiger partial charge on any atom is 0.340 e. The highest BCUT2D eigenvalue weighted by molar-refractivity contribution is 7.13. The van der Waals surface area contributed by atoms with Crippen LogP contribution in [0.4, 0.5) is 0 Å². The van der Waals surface area contributed by atoms with E-state index < -0.39 is 0 Å². The molecule has 0 atom stereocenters. The van der Waals surface area contributed by atoms with Gasteiger partial charge >= 0.3 is 5.97 Å². The summed E-state index contributed by atoms with van der Waals surface area (Å²) in [6, 6.07) is 21.9. The second-order valence-electron chi connectivity index (χ2n) is 6.54. The van der Waals surface area contributed by atoms with Gasteiger partial charge in [0.05, 0.1) is 11.3 Å². The average Bonchev–Trinajstić information content (AvgIpc) is 3.32. The van der Waals surface area contributed by atoms with Gasteiger partial charge in [-0.1, -0.05) is 48.5 Å². The molecule has 0 amide bonds. The minimum atomic E-state index is -0.329. The zero-order valence-corrected chi connectivity index (χ0v) is 16.6. The number of nitrogens with zero attached hydrogens (tertiary/aromatic N) is 2. The number of thiazole rings is 1. The van der Waals surface area contributed by atoms with Crippen LogP contribution in [0.15, 0.2) is 72.1 Å². The molecular formula is C23H20N2O2S. The van der Waals surface area contributed by atoms with E-state index in [2.05, 4.69) is 9.55 Å². The molecule has 4 rings (SSSR count). The van der Waals surface area contributed by atoms with E-state index in [9.17, 15) is 4.79 Å². The average molecular weight is 388 g/mol. The quantitative estimate of drug-likeness (QED) is 0.420. The van der Waals surface area contributed by atoms with Crippen LogP contribution in [-0.4, -0.2) is 15.5 Å². The summed E-state index contributed by atoms with van der Waals surface area (Å²) in [6.45, 7) is 4.09.